The van der Waals surface area contributed by atoms with Crippen LogP contribution in [0.3, 0.4) is 0 Å². The first-order valence-electron chi connectivity index (χ1n) is 7.56. The number of guanidine groups is 1. The van der Waals surface area contributed by atoms with Crippen molar-refractivity contribution in [1.82, 2.24) is 20.2 Å². The zero-order valence-corrected chi connectivity index (χ0v) is 14.8. The van der Waals surface area contributed by atoms with Gasteiger partial charge in [0.2, 0.25) is 0 Å². The first kappa shape index (κ1) is 17.7. The van der Waals surface area contributed by atoms with Gasteiger partial charge in [-0.2, -0.15) is 0 Å². The molecule has 1 heterocycles. The van der Waals surface area contributed by atoms with Crippen molar-refractivity contribution in [2.24, 2.45) is 4.99 Å². The Kier molecular flexibility index (Phi) is 7.83. The molecule has 124 valence electrons. The Bertz CT molecular complexity index is 583. The molecule has 2 aromatic rings. The number of rotatable bonds is 8. The van der Waals surface area contributed by atoms with Gasteiger partial charge in [-0.25, -0.2) is 4.98 Å². The molecule has 0 saturated carbocycles. The first-order chi connectivity index (χ1) is 11.3. The van der Waals surface area contributed by atoms with Gasteiger partial charge in [0.1, 0.15) is 0 Å². The number of nitrogens with one attached hydrogen (secondary N) is 2. The lowest BCUT2D eigenvalue weighted by atomic mass is 10.4. The van der Waals surface area contributed by atoms with Crippen LogP contribution in [-0.2, 0) is 6.54 Å². The summed E-state index contributed by atoms with van der Waals surface area (Å²) in [6, 6.07) is 7.91. The maximum atomic E-state index is 5.88. The number of imidazole rings is 1. The van der Waals surface area contributed by atoms with E-state index in [1.54, 1.807) is 25.0 Å². The molecule has 0 bridgehead atoms. The van der Waals surface area contributed by atoms with Crippen LogP contribution in [0.4, 0.5) is 0 Å². The Labute approximate surface area is 146 Å². The quantitative estimate of drug-likeness (QED) is 0.332. The van der Waals surface area contributed by atoms with E-state index >= 15 is 0 Å². The maximum Gasteiger partial charge on any atom is 0.191 e. The lowest BCUT2D eigenvalue weighted by molar-refractivity contribution is 0.625. The Morgan fingerprint density at radius 3 is 2.74 bits per heavy atom. The molecule has 0 radical (unpaired) electrons. The lowest BCUT2D eigenvalue weighted by Crippen LogP contribution is -2.39. The van der Waals surface area contributed by atoms with E-state index in [-0.39, 0.29) is 0 Å². The van der Waals surface area contributed by atoms with Crippen molar-refractivity contribution in [1.29, 1.82) is 0 Å². The molecule has 1 aromatic carbocycles. The summed E-state index contributed by atoms with van der Waals surface area (Å²) < 4.78 is 2.07. The van der Waals surface area contributed by atoms with E-state index in [2.05, 4.69) is 25.2 Å². The number of aromatic nitrogens is 2. The number of aryl methyl sites for hydroxylation is 1. The summed E-state index contributed by atoms with van der Waals surface area (Å²) in [5.41, 5.74) is 0. The largest absolute Gasteiger partial charge is 0.356 e. The Morgan fingerprint density at radius 2 is 2.04 bits per heavy atom. The SMILES string of the molecule is CN=C(NCCCn1ccnc1)NCCSc1ccc(Cl)cc1. The van der Waals surface area contributed by atoms with E-state index in [1.807, 2.05) is 36.8 Å². The number of thioether (sulfide) groups is 1. The van der Waals surface area contributed by atoms with Gasteiger partial charge in [0.15, 0.2) is 5.96 Å². The van der Waals surface area contributed by atoms with Crippen LogP contribution >= 0.6 is 23.4 Å². The van der Waals surface area contributed by atoms with Gasteiger partial charge < -0.3 is 15.2 Å². The number of hydrogen-bond donors (Lipinski definition) is 2. The molecule has 0 unspecified atom stereocenters. The fraction of sp³-hybridized carbons (Fsp3) is 0.375. The van der Waals surface area contributed by atoms with Gasteiger partial charge in [-0.3, -0.25) is 4.99 Å². The third-order valence-corrected chi connectivity index (χ3v) is 4.41. The first-order valence-corrected chi connectivity index (χ1v) is 8.93. The minimum atomic E-state index is 0.771. The van der Waals surface area contributed by atoms with Crippen LogP contribution in [0.15, 0.2) is 52.9 Å². The van der Waals surface area contributed by atoms with Crippen LogP contribution in [0.1, 0.15) is 6.42 Å². The second kappa shape index (κ2) is 10.2. The summed E-state index contributed by atoms with van der Waals surface area (Å²) in [6.07, 6.45) is 6.63. The highest BCUT2D eigenvalue weighted by Gasteiger charge is 1.98. The number of benzene rings is 1. The van der Waals surface area contributed by atoms with Gasteiger partial charge in [0.05, 0.1) is 6.33 Å². The smallest absolute Gasteiger partial charge is 0.191 e. The van der Waals surface area contributed by atoms with Gasteiger partial charge in [-0.05, 0) is 30.7 Å². The van der Waals surface area contributed by atoms with E-state index in [4.69, 9.17) is 11.6 Å². The van der Waals surface area contributed by atoms with Gasteiger partial charge >= 0.3 is 0 Å². The molecule has 0 amide bonds. The highest BCUT2D eigenvalue weighted by Crippen LogP contribution is 2.19. The van der Waals surface area contributed by atoms with Crippen molar-refractivity contribution in [3.63, 3.8) is 0 Å². The lowest BCUT2D eigenvalue weighted by Gasteiger charge is -2.12. The van der Waals surface area contributed by atoms with E-state index in [0.29, 0.717) is 0 Å². The monoisotopic (exact) mass is 351 g/mol. The average molecular weight is 352 g/mol. The summed E-state index contributed by atoms with van der Waals surface area (Å²) in [4.78, 5) is 9.48. The van der Waals surface area contributed by atoms with Crippen molar-refractivity contribution in [3.05, 3.63) is 48.0 Å². The standard InChI is InChI=1S/C16H22ClN5S/c1-18-16(20-7-2-10-22-11-8-19-13-22)21-9-12-23-15-5-3-14(17)4-6-15/h3-6,8,11,13H,2,7,9-10,12H2,1H3,(H2,18,20,21). The fourth-order valence-corrected chi connectivity index (χ4v) is 2.87. The molecular formula is C16H22ClN5S. The summed E-state index contributed by atoms with van der Waals surface area (Å²) in [5.74, 6) is 1.81. The van der Waals surface area contributed by atoms with Gasteiger partial charge in [-0.15, -0.1) is 11.8 Å². The number of nitrogens with zero attached hydrogens (tertiary/aromatic N) is 3. The van der Waals surface area contributed by atoms with Crippen molar-refractivity contribution in [2.45, 2.75) is 17.9 Å². The van der Waals surface area contributed by atoms with Crippen LogP contribution in [0, 0.1) is 0 Å². The second-order valence-electron chi connectivity index (χ2n) is 4.88. The molecule has 0 aliphatic rings. The van der Waals surface area contributed by atoms with Crippen LogP contribution in [0.5, 0.6) is 0 Å². The van der Waals surface area contributed by atoms with Crippen LogP contribution in [0.25, 0.3) is 0 Å². The molecule has 0 aliphatic carbocycles. The molecule has 1 aromatic heterocycles. The maximum absolute atomic E-state index is 5.88. The minimum Gasteiger partial charge on any atom is -0.356 e. The number of aliphatic imine (C=N–C) groups is 1. The highest BCUT2D eigenvalue weighted by molar-refractivity contribution is 7.99. The van der Waals surface area contributed by atoms with Crippen LogP contribution in [0.2, 0.25) is 5.02 Å². The highest BCUT2D eigenvalue weighted by atomic mass is 35.5. The van der Waals surface area contributed by atoms with Gasteiger partial charge in [0.25, 0.3) is 0 Å². The number of halogens is 1. The average Bonchev–Trinajstić information content (AvgIpc) is 3.08. The summed E-state index contributed by atoms with van der Waals surface area (Å²) in [6.45, 7) is 2.69. The Balaban J connectivity index is 1.56. The molecule has 5 nitrogen and oxygen atoms in total. The van der Waals surface area contributed by atoms with Crippen LogP contribution < -0.4 is 10.6 Å². The molecule has 0 saturated heterocycles. The Hall–Kier alpha value is -1.66. The molecule has 7 heteroatoms. The normalized spacial score (nSPS) is 11.5. The zero-order chi connectivity index (χ0) is 16.3. The van der Waals surface area contributed by atoms with E-state index in [9.17, 15) is 0 Å². The molecule has 23 heavy (non-hydrogen) atoms. The molecule has 0 fully saturated rings. The minimum absolute atomic E-state index is 0.771. The molecule has 0 atom stereocenters. The van der Waals surface area contributed by atoms with Gasteiger partial charge in [-0.1, -0.05) is 11.6 Å². The fourth-order valence-electron chi connectivity index (χ4n) is 1.98. The second-order valence-corrected chi connectivity index (χ2v) is 6.49. The van der Waals surface area contributed by atoms with E-state index in [1.165, 1.54) is 4.90 Å². The van der Waals surface area contributed by atoms with Crippen molar-refractivity contribution >= 4 is 29.3 Å². The van der Waals surface area contributed by atoms with Crippen LogP contribution in [-0.4, -0.2) is 41.4 Å². The molecule has 2 N–H and O–H groups in total. The van der Waals surface area contributed by atoms with E-state index < -0.39 is 0 Å². The summed E-state index contributed by atoms with van der Waals surface area (Å²) in [7, 11) is 1.79. The Morgan fingerprint density at radius 1 is 1.26 bits per heavy atom. The molecule has 0 aliphatic heterocycles. The topological polar surface area (TPSA) is 54.2 Å². The zero-order valence-electron chi connectivity index (χ0n) is 13.2. The molecule has 2 rings (SSSR count). The summed E-state index contributed by atoms with van der Waals surface area (Å²) >= 11 is 7.67. The summed E-state index contributed by atoms with van der Waals surface area (Å²) in [5, 5.41) is 7.41. The van der Waals surface area contributed by atoms with E-state index in [0.717, 1.165) is 42.8 Å². The van der Waals surface area contributed by atoms with Crippen molar-refractivity contribution in [2.75, 3.05) is 25.9 Å². The predicted octanol–water partition coefficient (Wildman–Crippen LogP) is 2.88. The third kappa shape index (κ3) is 6.97. The third-order valence-electron chi connectivity index (χ3n) is 3.15. The molecular weight excluding hydrogens is 330 g/mol. The predicted molar refractivity (Wildman–Crippen MR) is 98.4 cm³/mol. The van der Waals surface area contributed by atoms with Gasteiger partial charge in [0, 0.05) is 54.7 Å². The number of hydrogen-bond acceptors (Lipinski definition) is 3. The van der Waals surface area contributed by atoms with Crippen molar-refractivity contribution in [3.8, 4) is 0 Å². The van der Waals surface area contributed by atoms with Crippen molar-refractivity contribution < 1.29 is 0 Å². The molecule has 0 spiro atoms.